The Bertz CT molecular complexity index is 111. The van der Waals surface area contributed by atoms with Crippen LogP contribution in [0.15, 0.2) is 0 Å². The smallest absolute Gasteiger partial charge is 0.447 e. The van der Waals surface area contributed by atoms with Crippen molar-refractivity contribution in [2.24, 2.45) is 5.92 Å². The zero-order valence-corrected chi connectivity index (χ0v) is 6.73. The Kier molecular flexibility index (Phi) is 3.93. The van der Waals surface area contributed by atoms with Crippen LogP contribution in [-0.2, 0) is 0 Å². The summed E-state index contributed by atoms with van der Waals surface area (Å²) in [5.74, 6) is -0.630. The summed E-state index contributed by atoms with van der Waals surface area (Å²) in [6.45, 7) is -1.76. The minimum absolute atomic E-state index is 0.374. The molecule has 0 aliphatic rings. The maximum atomic E-state index is 11.9. The van der Waals surface area contributed by atoms with Crippen LogP contribution >= 0.6 is 0 Å². The van der Waals surface area contributed by atoms with E-state index < -0.39 is 18.9 Å². The van der Waals surface area contributed by atoms with E-state index in [1.807, 2.05) is 0 Å². The molecule has 68 valence electrons. The molecule has 1 N–H and O–H groups in total. The lowest BCUT2D eigenvalue weighted by Crippen LogP contribution is -2.40. The summed E-state index contributed by atoms with van der Waals surface area (Å²) in [5.41, 5.74) is 0. The summed E-state index contributed by atoms with van der Waals surface area (Å²) in [5, 5.41) is 8.75. The summed E-state index contributed by atoms with van der Waals surface area (Å²) in [6.07, 6.45) is 0.748. The highest BCUT2D eigenvalue weighted by Gasteiger charge is 2.37. The minimum Gasteiger partial charge on any atom is -0.447 e. The van der Waals surface area contributed by atoms with Crippen molar-refractivity contribution in [2.45, 2.75) is 32.7 Å². The molecule has 0 radical (unpaired) electrons. The monoisotopic (exact) mass is 169 g/mol. The van der Waals surface area contributed by atoms with Crippen molar-refractivity contribution in [2.75, 3.05) is 0 Å². The van der Waals surface area contributed by atoms with Gasteiger partial charge >= 0.3 is 6.98 Å². The first-order valence-electron chi connectivity index (χ1n) is 3.81. The Hall–Kier alpha value is -0.185. The molecule has 5 heteroatoms. The van der Waals surface area contributed by atoms with E-state index in [-0.39, 0.29) is 0 Å². The predicted octanol–water partition coefficient (Wildman–Crippen LogP) is 2.17. The largest absolute Gasteiger partial charge is 0.506 e. The van der Waals surface area contributed by atoms with Gasteiger partial charge in [-0.25, -0.2) is 0 Å². The molecule has 1 unspecified atom stereocenters. The van der Waals surface area contributed by atoms with Crippen LogP contribution in [0.2, 0.25) is 0 Å². The molecule has 1 nitrogen and oxygen atoms in total. The Labute approximate surface area is 64.7 Å². The highest BCUT2D eigenvalue weighted by molar-refractivity contribution is 6.59. The molecule has 0 fully saturated rings. The van der Waals surface area contributed by atoms with Gasteiger partial charge in [-0.15, -0.1) is 0 Å². The van der Waals surface area contributed by atoms with E-state index in [0.717, 1.165) is 0 Å². The molecule has 0 spiro atoms. The van der Waals surface area contributed by atoms with Crippen molar-refractivity contribution < 1.29 is 18.1 Å². The molecular formula is C6H13BF3O-. The van der Waals surface area contributed by atoms with Crippen LogP contribution in [0, 0.1) is 5.92 Å². The molecule has 0 saturated heterocycles. The molecule has 0 aliphatic carbocycles. The molecule has 0 aromatic heterocycles. The van der Waals surface area contributed by atoms with E-state index >= 15 is 0 Å². The fourth-order valence-corrected chi connectivity index (χ4v) is 1.08. The zero-order valence-electron chi connectivity index (χ0n) is 6.73. The first kappa shape index (κ1) is 10.8. The first-order valence-corrected chi connectivity index (χ1v) is 3.81. The van der Waals surface area contributed by atoms with Gasteiger partial charge in [0.1, 0.15) is 0 Å². The Balaban J connectivity index is 4.09. The van der Waals surface area contributed by atoms with Crippen molar-refractivity contribution >= 4 is 6.98 Å². The molecule has 1 atom stereocenters. The van der Waals surface area contributed by atoms with Crippen molar-refractivity contribution in [3.63, 3.8) is 0 Å². The lowest BCUT2D eigenvalue weighted by molar-refractivity contribution is 0.128. The fraction of sp³-hybridized carbons (Fsp3) is 1.00. The minimum atomic E-state index is -5.07. The fourth-order valence-electron chi connectivity index (χ4n) is 1.08. The summed E-state index contributed by atoms with van der Waals surface area (Å²) in [4.78, 5) is 0. The summed E-state index contributed by atoms with van der Waals surface area (Å²) >= 11 is 0. The van der Waals surface area contributed by atoms with Crippen LogP contribution in [0.5, 0.6) is 0 Å². The second kappa shape index (κ2) is 4.00. The van der Waals surface area contributed by atoms with E-state index in [1.54, 1.807) is 13.8 Å². The number of hydrogen-bond donors (Lipinski definition) is 1. The Morgan fingerprint density at radius 3 is 1.64 bits per heavy atom. The molecular weight excluding hydrogens is 156 g/mol. The quantitative estimate of drug-likeness (QED) is 0.639. The topological polar surface area (TPSA) is 20.2 Å². The van der Waals surface area contributed by atoms with Crippen molar-refractivity contribution in [3.05, 3.63) is 0 Å². The van der Waals surface area contributed by atoms with E-state index in [1.165, 1.54) is 0 Å². The Morgan fingerprint density at radius 1 is 1.18 bits per heavy atom. The van der Waals surface area contributed by atoms with Gasteiger partial charge in [0.25, 0.3) is 0 Å². The number of halogens is 3. The van der Waals surface area contributed by atoms with Crippen LogP contribution in [-0.4, -0.2) is 18.1 Å². The predicted molar refractivity (Wildman–Crippen MR) is 39.2 cm³/mol. The van der Waals surface area contributed by atoms with Gasteiger partial charge in [0.15, 0.2) is 0 Å². The SMILES string of the molecule is CCC(CC)C(O)[B-](F)(F)F. The highest BCUT2D eigenvalue weighted by atomic mass is 19.4. The number of aliphatic hydroxyl groups excluding tert-OH is 1. The molecule has 0 amide bonds. The molecule has 0 aliphatic heterocycles. The second-order valence-electron chi connectivity index (χ2n) is 2.69. The standard InChI is InChI=1S/C6H13BF3O/c1-3-5(4-2)6(11)7(8,9)10/h5-6,11H,3-4H2,1-2H3/q-1. The average molecular weight is 169 g/mol. The first-order chi connectivity index (χ1) is 4.93. The maximum Gasteiger partial charge on any atom is 0.506 e. The van der Waals surface area contributed by atoms with Crippen LogP contribution in [0.3, 0.4) is 0 Å². The van der Waals surface area contributed by atoms with Gasteiger partial charge < -0.3 is 18.1 Å². The van der Waals surface area contributed by atoms with Crippen LogP contribution in [0.25, 0.3) is 0 Å². The van der Waals surface area contributed by atoms with Gasteiger partial charge in [-0.05, 0) is 5.92 Å². The van der Waals surface area contributed by atoms with Crippen LogP contribution < -0.4 is 0 Å². The lowest BCUT2D eigenvalue weighted by atomic mass is 9.72. The summed E-state index contributed by atoms with van der Waals surface area (Å²) in [6, 6.07) is -2.09. The average Bonchev–Trinajstić information content (AvgIpc) is 1.88. The normalized spacial score (nSPS) is 15.5. The highest BCUT2D eigenvalue weighted by Crippen LogP contribution is 2.24. The summed E-state index contributed by atoms with van der Waals surface area (Å²) in [7, 11) is 0. The third-order valence-electron chi connectivity index (χ3n) is 1.92. The van der Waals surface area contributed by atoms with E-state index in [0.29, 0.717) is 12.8 Å². The van der Waals surface area contributed by atoms with E-state index in [9.17, 15) is 12.9 Å². The number of aliphatic hydroxyl groups is 1. The van der Waals surface area contributed by atoms with Gasteiger partial charge in [-0.2, -0.15) is 0 Å². The van der Waals surface area contributed by atoms with E-state index in [2.05, 4.69) is 0 Å². The number of rotatable bonds is 4. The van der Waals surface area contributed by atoms with Crippen molar-refractivity contribution in [1.82, 2.24) is 0 Å². The third-order valence-corrected chi connectivity index (χ3v) is 1.92. The Morgan fingerprint density at radius 2 is 1.55 bits per heavy atom. The molecule has 11 heavy (non-hydrogen) atoms. The van der Waals surface area contributed by atoms with Gasteiger partial charge in [-0.1, -0.05) is 26.7 Å². The van der Waals surface area contributed by atoms with E-state index in [4.69, 9.17) is 5.11 Å². The molecule has 0 aromatic carbocycles. The molecule has 0 aromatic rings. The van der Waals surface area contributed by atoms with Crippen LogP contribution in [0.4, 0.5) is 12.9 Å². The maximum absolute atomic E-state index is 11.9. The van der Waals surface area contributed by atoms with Gasteiger partial charge in [-0.3, -0.25) is 0 Å². The zero-order chi connectivity index (χ0) is 9.07. The van der Waals surface area contributed by atoms with Gasteiger partial charge in [0, 0.05) is 6.00 Å². The summed E-state index contributed by atoms with van der Waals surface area (Å²) < 4.78 is 35.7. The molecule has 0 saturated carbocycles. The van der Waals surface area contributed by atoms with Gasteiger partial charge in [0.05, 0.1) is 0 Å². The second-order valence-corrected chi connectivity index (χ2v) is 2.69. The van der Waals surface area contributed by atoms with Crippen LogP contribution in [0.1, 0.15) is 26.7 Å². The molecule has 0 rings (SSSR count). The van der Waals surface area contributed by atoms with Crippen molar-refractivity contribution in [3.8, 4) is 0 Å². The molecule has 0 bridgehead atoms. The molecule has 0 heterocycles. The number of hydrogen-bond acceptors (Lipinski definition) is 1. The third kappa shape index (κ3) is 3.14. The van der Waals surface area contributed by atoms with Gasteiger partial charge in [0.2, 0.25) is 0 Å². The lowest BCUT2D eigenvalue weighted by Gasteiger charge is -2.28. The van der Waals surface area contributed by atoms with Crippen molar-refractivity contribution in [1.29, 1.82) is 0 Å².